The van der Waals surface area contributed by atoms with Crippen LogP contribution < -0.4 is 9.47 Å². The van der Waals surface area contributed by atoms with Gasteiger partial charge in [0.1, 0.15) is 11.5 Å². The molecule has 2 N–H and O–H groups in total. The van der Waals surface area contributed by atoms with Gasteiger partial charge in [-0.05, 0) is 13.1 Å². The summed E-state index contributed by atoms with van der Waals surface area (Å²) in [5.74, 6) is 1.47. The number of aliphatic hydroxyl groups excluding tert-OH is 2. The number of hydrogen-bond donors (Lipinski definition) is 2. The van der Waals surface area contributed by atoms with Crippen molar-refractivity contribution >= 4 is 0 Å². The van der Waals surface area contributed by atoms with E-state index in [-0.39, 0.29) is 19.3 Å². The molecular formula is C13H21NO4. The molecule has 18 heavy (non-hydrogen) atoms. The molecule has 1 aromatic carbocycles. The van der Waals surface area contributed by atoms with Crippen molar-refractivity contribution in [2.24, 2.45) is 0 Å². The normalized spacial score (nSPS) is 11.1. The Morgan fingerprint density at radius 3 is 2.33 bits per heavy atom. The van der Waals surface area contributed by atoms with E-state index in [0.717, 1.165) is 17.1 Å². The third-order valence-corrected chi connectivity index (χ3v) is 2.96. The third kappa shape index (κ3) is 3.60. The summed E-state index contributed by atoms with van der Waals surface area (Å²) in [5.41, 5.74) is 0.979. The number of ether oxygens (including phenoxy) is 2. The molecule has 102 valence electrons. The van der Waals surface area contributed by atoms with Gasteiger partial charge in [-0.2, -0.15) is 0 Å². The van der Waals surface area contributed by atoms with Crippen molar-refractivity contribution in [3.05, 3.63) is 23.8 Å². The monoisotopic (exact) mass is 255 g/mol. The zero-order chi connectivity index (χ0) is 13.5. The average Bonchev–Trinajstić information content (AvgIpc) is 2.40. The van der Waals surface area contributed by atoms with Crippen molar-refractivity contribution in [1.82, 2.24) is 4.90 Å². The molecule has 5 heteroatoms. The van der Waals surface area contributed by atoms with E-state index in [1.54, 1.807) is 14.2 Å². The van der Waals surface area contributed by atoms with Crippen LogP contribution in [-0.2, 0) is 6.54 Å². The Kier molecular flexibility index (Phi) is 5.91. The lowest BCUT2D eigenvalue weighted by Gasteiger charge is -2.25. The summed E-state index contributed by atoms with van der Waals surface area (Å²) in [6, 6.07) is 5.33. The number of nitrogens with zero attached hydrogens (tertiary/aromatic N) is 1. The minimum Gasteiger partial charge on any atom is -0.497 e. The van der Waals surface area contributed by atoms with E-state index in [9.17, 15) is 0 Å². The van der Waals surface area contributed by atoms with Crippen molar-refractivity contribution in [2.45, 2.75) is 12.6 Å². The van der Waals surface area contributed by atoms with Gasteiger partial charge in [0.05, 0.1) is 33.5 Å². The second kappa shape index (κ2) is 7.20. The Hall–Kier alpha value is -1.30. The number of rotatable bonds is 7. The van der Waals surface area contributed by atoms with Gasteiger partial charge >= 0.3 is 0 Å². The molecule has 0 amide bonds. The summed E-state index contributed by atoms with van der Waals surface area (Å²) < 4.78 is 10.4. The standard InChI is InChI=1S/C13H21NO4/c1-14(11(8-15)9-16)7-10-4-5-12(17-2)6-13(10)18-3/h4-6,11,15-16H,7-9H2,1-3H3. The summed E-state index contributed by atoms with van der Waals surface area (Å²) in [4.78, 5) is 1.88. The molecule has 0 bridgehead atoms. The number of likely N-dealkylation sites (N-methyl/N-ethyl adjacent to an activating group) is 1. The Morgan fingerprint density at radius 1 is 1.17 bits per heavy atom. The topological polar surface area (TPSA) is 62.2 Å². The maximum Gasteiger partial charge on any atom is 0.127 e. The maximum atomic E-state index is 9.13. The van der Waals surface area contributed by atoms with Gasteiger partial charge in [0, 0.05) is 18.2 Å². The second-order valence-electron chi connectivity index (χ2n) is 4.11. The van der Waals surface area contributed by atoms with Crippen molar-refractivity contribution in [2.75, 3.05) is 34.5 Å². The van der Waals surface area contributed by atoms with Gasteiger partial charge in [-0.25, -0.2) is 0 Å². The van der Waals surface area contributed by atoms with Crippen molar-refractivity contribution < 1.29 is 19.7 Å². The fourth-order valence-electron chi connectivity index (χ4n) is 1.72. The van der Waals surface area contributed by atoms with E-state index < -0.39 is 0 Å². The number of benzene rings is 1. The first-order valence-corrected chi connectivity index (χ1v) is 5.79. The van der Waals surface area contributed by atoms with Crippen molar-refractivity contribution in [3.8, 4) is 11.5 Å². The van der Waals surface area contributed by atoms with Crippen LogP contribution in [0, 0.1) is 0 Å². The Labute approximate surface area is 108 Å². The van der Waals surface area contributed by atoms with E-state index in [2.05, 4.69) is 0 Å². The predicted octanol–water partition coefficient (Wildman–Crippen LogP) is 0.489. The summed E-state index contributed by atoms with van der Waals surface area (Å²) in [6.45, 7) is 0.426. The van der Waals surface area contributed by atoms with Gasteiger partial charge in [-0.3, -0.25) is 4.90 Å². The molecule has 0 saturated heterocycles. The molecule has 5 nitrogen and oxygen atoms in total. The van der Waals surface area contributed by atoms with Crippen LogP contribution in [0.15, 0.2) is 18.2 Å². The number of hydrogen-bond acceptors (Lipinski definition) is 5. The third-order valence-electron chi connectivity index (χ3n) is 2.96. The highest BCUT2D eigenvalue weighted by Gasteiger charge is 2.15. The van der Waals surface area contributed by atoms with Gasteiger partial charge in [0.25, 0.3) is 0 Å². The van der Waals surface area contributed by atoms with Crippen molar-refractivity contribution in [3.63, 3.8) is 0 Å². The Bertz CT molecular complexity index is 366. The smallest absolute Gasteiger partial charge is 0.127 e. The first-order valence-electron chi connectivity index (χ1n) is 5.79. The molecule has 0 unspecified atom stereocenters. The molecule has 0 aliphatic heterocycles. The van der Waals surface area contributed by atoms with Crippen molar-refractivity contribution in [1.29, 1.82) is 0 Å². The lowest BCUT2D eigenvalue weighted by Crippen LogP contribution is -2.37. The molecule has 0 heterocycles. The molecule has 0 spiro atoms. The van der Waals surface area contributed by atoms with Crippen LogP contribution in [-0.4, -0.2) is 55.6 Å². The molecule has 0 aliphatic carbocycles. The molecule has 0 saturated carbocycles. The largest absolute Gasteiger partial charge is 0.497 e. The van der Waals surface area contributed by atoms with E-state index >= 15 is 0 Å². The highest BCUT2D eigenvalue weighted by Crippen LogP contribution is 2.25. The lowest BCUT2D eigenvalue weighted by atomic mass is 10.1. The maximum absolute atomic E-state index is 9.13. The fraction of sp³-hybridized carbons (Fsp3) is 0.538. The lowest BCUT2D eigenvalue weighted by molar-refractivity contribution is 0.0868. The molecule has 0 fully saturated rings. The summed E-state index contributed by atoms with van der Waals surface area (Å²) >= 11 is 0. The highest BCUT2D eigenvalue weighted by molar-refractivity contribution is 5.40. The van der Waals surface area contributed by atoms with Crippen LogP contribution in [0.3, 0.4) is 0 Å². The quantitative estimate of drug-likeness (QED) is 0.742. The van der Waals surface area contributed by atoms with Crippen LogP contribution >= 0.6 is 0 Å². The summed E-state index contributed by atoms with van der Waals surface area (Å²) in [5, 5.41) is 18.3. The van der Waals surface area contributed by atoms with E-state index in [4.69, 9.17) is 19.7 Å². The van der Waals surface area contributed by atoms with Crippen LogP contribution in [0.1, 0.15) is 5.56 Å². The highest BCUT2D eigenvalue weighted by atomic mass is 16.5. The minimum atomic E-state index is -0.267. The molecule has 1 rings (SSSR count). The predicted molar refractivity (Wildman–Crippen MR) is 69.0 cm³/mol. The average molecular weight is 255 g/mol. The Morgan fingerprint density at radius 2 is 1.83 bits per heavy atom. The van der Waals surface area contributed by atoms with Gasteiger partial charge < -0.3 is 19.7 Å². The summed E-state index contributed by atoms with van der Waals surface area (Å²) in [7, 11) is 5.06. The number of aliphatic hydroxyl groups is 2. The van der Waals surface area contributed by atoms with E-state index in [1.807, 2.05) is 30.1 Å². The van der Waals surface area contributed by atoms with Crippen LogP contribution in [0.25, 0.3) is 0 Å². The van der Waals surface area contributed by atoms with E-state index in [0.29, 0.717) is 6.54 Å². The first-order chi connectivity index (χ1) is 8.65. The SMILES string of the molecule is COc1ccc(CN(C)C(CO)CO)c(OC)c1. The Balaban J connectivity index is 2.83. The minimum absolute atomic E-state index is 0.0779. The van der Waals surface area contributed by atoms with Crippen LogP contribution in [0.5, 0.6) is 11.5 Å². The molecule has 0 aliphatic rings. The molecule has 1 aromatic rings. The second-order valence-corrected chi connectivity index (χ2v) is 4.11. The van der Waals surface area contributed by atoms with E-state index in [1.165, 1.54) is 0 Å². The first kappa shape index (κ1) is 14.8. The summed E-state index contributed by atoms with van der Waals surface area (Å²) in [6.07, 6.45) is 0. The molecule has 0 aromatic heterocycles. The zero-order valence-corrected chi connectivity index (χ0v) is 11.1. The number of methoxy groups -OCH3 is 2. The van der Waals surface area contributed by atoms with Crippen LogP contribution in [0.4, 0.5) is 0 Å². The van der Waals surface area contributed by atoms with Gasteiger partial charge in [-0.15, -0.1) is 0 Å². The fourth-order valence-corrected chi connectivity index (χ4v) is 1.72. The molecule has 0 atom stereocenters. The van der Waals surface area contributed by atoms with Gasteiger partial charge in [0.2, 0.25) is 0 Å². The molecule has 0 radical (unpaired) electrons. The van der Waals surface area contributed by atoms with Gasteiger partial charge in [0.15, 0.2) is 0 Å². The molecular weight excluding hydrogens is 234 g/mol. The zero-order valence-electron chi connectivity index (χ0n) is 11.1. The van der Waals surface area contributed by atoms with Crippen LogP contribution in [0.2, 0.25) is 0 Å². The van der Waals surface area contributed by atoms with Gasteiger partial charge in [-0.1, -0.05) is 6.07 Å².